The van der Waals surface area contributed by atoms with E-state index in [9.17, 15) is 0 Å². The molecule has 2 heterocycles. The summed E-state index contributed by atoms with van der Waals surface area (Å²) in [4.78, 5) is 3.89. The largest absolute Gasteiger partial charge is 0.496 e. The average molecular weight is 287 g/mol. The lowest BCUT2D eigenvalue weighted by Crippen LogP contribution is -2.41. The molecular formula is C11H15BBrNO2. The van der Waals surface area contributed by atoms with Gasteiger partial charge < -0.3 is 9.31 Å². The third-order valence-corrected chi connectivity index (χ3v) is 3.44. The molecule has 0 aromatic carbocycles. The molecule has 0 bridgehead atoms. The molecule has 1 fully saturated rings. The van der Waals surface area contributed by atoms with Crippen molar-refractivity contribution in [3.05, 3.63) is 22.9 Å². The summed E-state index contributed by atoms with van der Waals surface area (Å²) in [6.45, 7) is 7.59. The van der Waals surface area contributed by atoms with Gasteiger partial charge in [0, 0.05) is 11.6 Å². The quantitative estimate of drug-likeness (QED) is 0.586. The third-order valence-electron chi connectivity index (χ3n) is 3.06. The van der Waals surface area contributed by atoms with E-state index in [2.05, 4.69) is 20.9 Å². The maximum absolute atomic E-state index is 7.96. The Balaban J connectivity index is 2.49. The number of aromatic nitrogens is 1. The number of nitrogens with zero attached hydrogens (tertiary/aromatic N) is 1. The van der Waals surface area contributed by atoms with E-state index >= 15 is 0 Å². The van der Waals surface area contributed by atoms with E-state index in [-0.39, 0.29) is 28.3 Å². The molecule has 16 heavy (non-hydrogen) atoms. The summed E-state index contributed by atoms with van der Waals surface area (Å²) < 4.78 is 35.4. The molecule has 0 amide bonds. The molecule has 1 aromatic rings. The van der Waals surface area contributed by atoms with Crippen molar-refractivity contribution in [2.24, 2.45) is 0 Å². The van der Waals surface area contributed by atoms with Crippen LogP contribution in [0.5, 0.6) is 0 Å². The first kappa shape index (κ1) is 8.67. The van der Waals surface area contributed by atoms with E-state index in [0.717, 1.165) is 0 Å². The first-order chi connectivity index (χ1) is 8.57. The van der Waals surface area contributed by atoms with E-state index in [1.807, 2.05) is 27.7 Å². The molecule has 3 nitrogen and oxygen atoms in total. The fourth-order valence-corrected chi connectivity index (χ4v) is 1.54. The topological polar surface area (TPSA) is 31.4 Å². The summed E-state index contributed by atoms with van der Waals surface area (Å²) in [5.41, 5.74) is -0.899. The van der Waals surface area contributed by atoms with Crippen molar-refractivity contribution in [1.82, 2.24) is 4.98 Å². The summed E-state index contributed by atoms with van der Waals surface area (Å²) in [7, 11) is -0.838. The van der Waals surface area contributed by atoms with Gasteiger partial charge in [0.05, 0.1) is 15.3 Å². The lowest BCUT2D eigenvalue weighted by Gasteiger charge is -2.32. The Labute approximate surface area is 109 Å². The Bertz CT molecular complexity index is 523. The Kier molecular flexibility index (Phi) is 2.07. The zero-order chi connectivity index (χ0) is 14.6. The van der Waals surface area contributed by atoms with Crippen LogP contribution in [0.15, 0.2) is 22.9 Å². The molecule has 0 atom stereocenters. The molecule has 0 aliphatic carbocycles. The van der Waals surface area contributed by atoms with Crippen molar-refractivity contribution in [2.75, 3.05) is 0 Å². The molecule has 0 spiro atoms. The maximum Gasteiger partial charge on any atom is 0.496 e. The van der Waals surface area contributed by atoms with Gasteiger partial charge in [0.25, 0.3) is 0 Å². The number of hydrogen-bond donors (Lipinski definition) is 0. The van der Waals surface area contributed by atoms with E-state index < -0.39 is 18.3 Å². The van der Waals surface area contributed by atoms with Crippen molar-refractivity contribution < 1.29 is 13.4 Å². The first-order valence-corrected chi connectivity index (χ1v) is 5.85. The van der Waals surface area contributed by atoms with Crippen molar-refractivity contribution >= 4 is 28.5 Å². The minimum atomic E-state index is -0.838. The second-order valence-electron chi connectivity index (χ2n) is 4.77. The monoisotopic (exact) mass is 286 g/mol. The lowest BCUT2D eigenvalue weighted by molar-refractivity contribution is 0.00578. The van der Waals surface area contributed by atoms with Crippen LogP contribution in [0.3, 0.4) is 0 Å². The van der Waals surface area contributed by atoms with Gasteiger partial charge in [0.1, 0.15) is 4.60 Å². The van der Waals surface area contributed by atoms with Gasteiger partial charge in [0.2, 0.25) is 0 Å². The highest BCUT2D eigenvalue weighted by Gasteiger charge is 2.51. The average Bonchev–Trinajstić information content (AvgIpc) is 2.44. The number of rotatable bonds is 1. The molecule has 1 aromatic heterocycles. The van der Waals surface area contributed by atoms with Crippen LogP contribution >= 0.6 is 15.9 Å². The fourth-order valence-electron chi connectivity index (χ4n) is 1.36. The SMILES string of the molecule is [2H]c1nc(Br)c([2H])c([2H])c1B1OC(C)(C)C(C)(C)O1. The van der Waals surface area contributed by atoms with Gasteiger partial charge in [-0.05, 0) is 49.7 Å². The predicted molar refractivity (Wildman–Crippen MR) is 67.7 cm³/mol. The van der Waals surface area contributed by atoms with Crippen LogP contribution in [-0.4, -0.2) is 23.3 Å². The molecule has 2 rings (SSSR count). The Morgan fingerprint density at radius 2 is 1.81 bits per heavy atom. The molecule has 0 radical (unpaired) electrons. The van der Waals surface area contributed by atoms with E-state index in [1.54, 1.807) is 0 Å². The third kappa shape index (κ3) is 2.04. The highest BCUT2D eigenvalue weighted by atomic mass is 79.9. The van der Waals surface area contributed by atoms with Gasteiger partial charge in [-0.1, -0.05) is 6.04 Å². The van der Waals surface area contributed by atoms with Gasteiger partial charge in [-0.15, -0.1) is 0 Å². The van der Waals surface area contributed by atoms with Crippen LogP contribution in [0.4, 0.5) is 0 Å². The maximum atomic E-state index is 7.96. The smallest absolute Gasteiger partial charge is 0.399 e. The molecule has 1 saturated heterocycles. The van der Waals surface area contributed by atoms with Gasteiger partial charge in [-0.25, -0.2) is 4.98 Å². The second kappa shape index (κ2) is 3.82. The highest BCUT2D eigenvalue weighted by molar-refractivity contribution is 9.10. The fraction of sp³-hybridized carbons (Fsp3) is 0.545. The Hall–Kier alpha value is -0.385. The first-order valence-electron chi connectivity index (χ1n) is 6.55. The van der Waals surface area contributed by atoms with Gasteiger partial charge >= 0.3 is 7.12 Å². The van der Waals surface area contributed by atoms with Crippen LogP contribution in [0.2, 0.25) is 0 Å². The summed E-state index contributed by atoms with van der Waals surface area (Å²) in [6, 6.07) is -0.161. The Morgan fingerprint density at radius 3 is 2.38 bits per heavy atom. The molecule has 1 aliphatic rings. The summed E-state index contributed by atoms with van der Waals surface area (Å²) in [5, 5.41) is 0. The van der Waals surface area contributed by atoms with E-state index in [1.165, 1.54) is 0 Å². The molecule has 5 heteroatoms. The van der Waals surface area contributed by atoms with Crippen molar-refractivity contribution in [3.63, 3.8) is 0 Å². The van der Waals surface area contributed by atoms with Crippen LogP contribution in [0, 0.1) is 0 Å². The highest BCUT2D eigenvalue weighted by Crippen LogP contribution is 2.36. The summed E-state index contributed by atoms with van der Waals surface area (Å²) in [5.74, 6) is 0. The van der Waals surface area contributed by atoms with Crippen LogP contribution in [-0.2, 0) is 9.31 Å². The molecular weight excluding hydrogens is 269 g/mol. The van der Waals surface area contributed by atoms with Crippen LogP contribution in [0.25, 0.3) is 0 Å². The Morgan fingerprint density at radius 1 is 1.25 bits per heavy atom. The summed E-state index contributed by atoms with van der Waals surface area (Å²) in [6.07, 6.45) is -0.105. The van der Waals surface area contributed by atoms with Crippen molar-refractivity contribution in [2.45, 2.75) is 38.9 Å². The normalized spacial score (nSPS) is 25.1. The number of halogens is 1. The van der Waals surface area contributed by atoms with Gasteiger partial charge in [-0.2, -0.15) is 0 Å². The van der Waals surface area contributed by atoms with Crippen LogP contribution < -0.4 is 5.46 Å². The summed E-state index contributed by atoms with van der Waals surface area (Å²) >= 11 is 3.06. The van der Waals surface area contributed by atoms with Crippen LogP contribution in [0.1, 0.15) is 31.8 Å². The molecule has 0 unspecified atom stereocenters. The van der Waals surface area contributed by atoms with Crippen molar-refractivity contribution in [1.29, 1.82) is 0 Å². The van der Waals surface area contributed by atoms with E-state index in [0.29, 0.717) is 0 Å². The van der Waals surface area contributed by atoms with Gasteiger partial charge in [-0.3, -0.25) is 0 Å². The van der Waals surface area contributed by atoms with Crippen molar-refractivity contribution in [3.8, 4) is 0 Å². The number of pyridine rings is 1. The molecule has 0 N–H and O–H groups in total. The molecule has 86 valence electrons. The zero-order valence-electron chi connectivity index (χ0n) is 12.7. The molecule has 1 aliphatic heterocycles. The van der Waals surface area contributed by atoms with E-state index in [4.69, 9.17) is 13.4 Å². The second-order valence-corrected chi connectivity index (χ2v) is 5.52. The lowest BCUT2D eigenvalue weighted by atomic mass is 9.80. The standard InChI is InChI=1S/C11H15BBrNO2/c1-10(2)11(3,4)16-12(15-10)8-5-6-9(13)14-7-8/h5-7H,1-4H3/i5D,6D,7D. The zero-order valence-corrected chi connectivity index (χ0v) is 11.3. The minimum absolute atomic E-state index is 0.0688. The minimum Gasteiger partial charge on any atom is -0.399 e. The van der Waals surface area contributed by atoms with Gasteiger partial charge in [0.15, 0.2) is 0 Å². The predicted octanol–water partition coefficient (Wildman–Crippen LogP) is 2.14. The molecule has 0 saturated carbocycles. The number of hydrogen-bond acceptors (Lipinski definition) is 3.